The Balaban J connectivity index is 1.23. The van der Waals surface area contributed by atoms with Crippen LogP contribution in [0.5, 0.6) is 0 Å². The lowest BCUT2D eigenvalue weighted by Gasteiger charge is -2.34. The standard InChI is InChI=1S/C36H36/c1-22-17-26-9-5-6-11-28(26)29-15-13-24(20-32(22)29)19-25-14-16-31-33(21-25)36(3,4)34-18-23(2)27-10-7-8-12-30(27)35(31)34/h6-8,10-12,14-16,18,20-22,24H,5,9,13,17,19H2,1-4H3. The third kappa shape index (κ3) is 3.20. The van der Waals surface area contributed by atoms with E-state index in [9.17, 15) is 0 Å². The second kappa shape index (κ2) is 7.94. The van der Waals surface area contributed by atoms with Crippen LogP contribution in [0.4, 0.5) is 0 Å². The van der Waals surface area contributed by atoms with Crippen molar-refractivity contribution in [3.63, 3.8) is 0 Å². The van der Waals surface area contributed by atoms with E-state index in [1.54, 1.807) is 22.3 Å². The summed E-state index contributed by atoms with van der Waals surface area (Å²) in [5.74, 6) is 1.24. The van der Waals surface area contributed by atoms with Gasteiger partial charge in [0, 0.05) is 5.41 Å². The zero-order valence-corrected chi connectivity index (χ0v) is 22.1. The molecule has 0 spiro atoms. The van der Waals surface area contributed by atoms with Gasteiger partial charge in [-0.3, -0.25) is 0 Å². The summed E-state index contributed by atoms with van der Waals surface area (Å²) in [5, 5.41) is 2.78. The van der Waals surface area contributed by atoms with E-state index in [1.807, 2.05) is 0 Å². The van der Waals surface area contributed by atoms with Crippen LogP contribution in [-0.4, -0.2) is 0 Å². The number of benzene rings is 3. The van der Waals surface area contributed by atoms with Gasteiger partial charge in [-0.1, -0.05) is 99.2 Å². The van der Waals surface area contributed by atoms with Crippen molar-refractivity contribution >= 4 is 10.8 Å². The fourth-order valence-corrected chi connectivity index (χ4v) is 7.56. The Morgan fingerprint density at radius 2 is 1.81 bits per heavy atom. The molecule has 3 aromatic carbocycles. The van der Waals surface area contributed by atoms with Gasteiger partial charge in [0.25, 0.3) is 0 Å². The molecule has 0 fully saturated rings. The predicted octanol–water partition coefficient (Wildman–Crippen LogP) is 9.56. The van der Waals surface area contributed by atoms with Crippen LogP contribution in [0.3, 0.4) is 0 Å². The molecule has 7 rings (SSSR count). The highest BCUT2D eigenvalue weighted by Gasteiger charge is 2.37. The van der Waals surface area contributed by atoms with Crippen LogP contribution in [0.25, 0.3) is 21.9 Å². The number of aryl methyl sites for hydroxylation is 1. The van der Waals surface area contributed by atoms with E-state index in [2.05, 4.69) is 101 Å². The molecule has 0 aliphatic heterocycles. The zero-order chi connectivity index (χ0) is 24.6. The molecule has 180 valence electrons. The lowest BCUT2D eigenvalue weighted by atomic mass is 9.70. The van der Waals surface area contributed by atoms with Crippen molar-refractivity contribution in [3.05, 3.63) is 117 Å². The van der Waals surface area contributed by atoms with Crippen molar-refractivity contribution in [2.45, 2.75) is 65.2 Å². The Labute approximate surface area is 216 Å². The number of hydrogen-bond acceptors (Lipinski definition) is 0. The highest BCUT2D eigenvalue weighted by Crippen LogP contribution is 2.52. The van der Waals surface area contributed by atoms with Crippen LogP contribution >= 0.6 is 0 Å². The Bertz CT molecular complexity index is 1550. The van der Waals surface area contributed by atoms with Gasteiger partial charge < -0.3 is 0 Å². The largest absolute Gasteiger partial charge is 0.0836 e. The van der Waals surface area contributed by atoms with Crippen LogP contribution in [-0.2, 0) is 11.8 Å². The Morgan fingerprint density at radius 1 is 0.972 bits per heavy atom. The van der Waals surface area contributed by atoms with Crippen LogP contribution in [0, 0.1) is 18.8 Å². The molecule has 0 aromatic heterocycles. The van der Waals surface area contributed by atoms with E-state index in [0.29, 0.717) is 11.8 Å². The van der Waals surface area contributed by atoms with E-state index < -0.39 is 0 Å². The first-order valence-corrected chi connectivity index (χ1v) is 13.9. The molecule has 0 N–H and O–H groups in total. The molecular formula is C36H36. The molecule has 2 atom stereocenters. The first-order valence-electron chi connectivity index (χ1n) is 13.9. The highest BCUT2D eigenvalue weighted by molar-refractivity contribution is 6.03. The monoisotopic (exact) mass is 468 g/mol. The quantitative estimate of drug-likeness (QED) is 0.351. The molecule has 2 unspecified atom stereocenters. The summed E-state index contributed by atoms with van der Waals surface area (Å²) in [4.78, 5) is 0. The molecule has 36 heavy (non-hydrogen) atoms. The minimum atomic E-state index is 0.0294. The topological polar surface area (TPSA) is 0 Å². The second-order valence-electron chi connectivity index (χ2n) is 12.2. The molecule has 4 aliphatic carbocycles. The summed E-state index contributed by atoms with van der Waals surface area (Å²) in [5.41, 5.74) is 15.2. The van der Waals surface area contributed by atoms with Crippen LogP contribution in [0.15, 0.2) is 95.1 Å². The van der Waals surface area contributed by atoms with E-state index in [4.69, 9.17) is 0 Å². The van der Waals surface area contributed by atoms with E-state index in [0.717, 1.165) is 12.8 Å². The molecule has 0 saturated heterocycles. The van der Waals surface area contributed by atoms with Gasteiger partial charge in [-0.2, -0.15) is 0 Å². The van der Waals surface area contributed by atoms with E-state index >= 15 is 0 Å². The average molecular weight is 469 g/mol. The molecular weight excluding hydrogens is 432 g/mol. The van der Waals surface area contributed by atoms with Crippen LogP contribution in [0.1, 0.15) is 68.7 Å². The Morgan fingerprint density at radius 3 is 2.67 bits per heavy atom. The smallest absolute Gasteiger partial charge is 0.0159 e. The molecule has 0 heteroatoms. The maximum absolute atomic E-state index is 2.64. The predicted molar refractivity (Wildman–Crippen MR) is 153 cm³/mol. The number of rotatable bonds is 2. The number of allylic oxidation sites excluding steroid dienone is 8. The average Bonchev–Trinajstić information content (AvgIpc) is 3.11. The molecule has 3 aromatic rings. The van der Waals surface area contributed by atoms with Crippen molar-refractivity contribution in [2.75, 3.05) is 0 Å². The Kier molecular flexibility index (Phi) is 4.88. The Hall–Kier alpha value is -3.12. The lowest BCUT2D eigenvalue weighted by Crippen LogP contribution is -2.19. The maximum Gasteiger partial charge on any atom is 0.0159 e. The normalized spacial score (nSPS) is 23.6. The minimum Gasteiger partial charge on any atom is -0.0836 e. The summed E-state index contributed by atoms with van der Waals surface area (Å²) < 4.78 is 0. The van der Waals surface area contributed by atoms with Gasteiger partial charge >= 0.3 is 0 Å². The first kappa shape index (κ1) is 22.1. The van der Waals surface area contributed by atoms with Crippen LogP contribution in [0.2, 0.25) is 0 Å². The van der Waals surface area contributed by atoms with Crippen molar-refractivity contribution in [3.8, 4) is 11.1 Å². The molecule has 4 aliphatic rings. The SMILES string of the molecule is Cc1cc2c(c3ccccc13)-c1ccc(CC3C=C4C(=CC3)C3=C(CCC=C3)CC4C)cc1C2(C)C. The van der Waals surface area contributed by atoms with Gasteiger partial charge in [-0.05, 0) is 112 Å². The fourth-order valence-electron chi connectivity index (χ4n) is 7.56. The van der Waals surface area contributed by atoms with Crippen molar-refractivity contribution < 1.29 is 0 Å². The van der Waals surface area contributed by atoms with Gasteiger partial charge in [-0.15, -0.1) is 0 Å². The van der Waals surface area contributed by atoms with Crippen LogP contribution < -0.4 is 0 Å². The van der Waals surface area contributed by atoms with Gasteiger partial charge in [0.15, 0.2) is 0 Å². The van der Waals surface area contributed by atoms with Gasteiger partial charge in [0.1, 0.15) is 0 Å². The molecule has 0 heterocycles. The van der Waals surface area contributed by atoms with E-state index in [-0.39, 0.29) is 5.41 Å². The summed E-state index contributed by atoms with van der Waals surface area (Å²) in [6.07, 6.45) is 16.0. The fraction of sp³-hybridized carbons (Fsp3) is 0.333. The second-order valence-corrected chi connectivity index (χ2v) is 12.2. The van der Waals surface area contributed by atoms with Gasteiger partial charge in [0.05, 0.1) is 0 Å². The number of fused-ring (bicyclic) bond motifs is 7. The molecule has 0 saturated carbocycles. The summed E-state index contributed by atoms with van der Waals surface area (Å²) >= 11 is 0. The molecule has 0 amide bonds. The van der Waals surface area contributed by atoms with Crippen molar-refractivity contribution in [1.29, 1.82) is 0 Å². The zero-order valence-electron chi connectivity index (χ0n) is 22.1. The maximum atomic E-state index is 2.64. The van der Waals surface area contributed by atoms with Crippen molar-refractivity contribution in [1.82, 2.24) is 0 Å². The lowest BCUT2D eigenvalue weighted by molar-refractivity contribution is 0.582. The molecule has 0 bridgehead atoms. The summed E-state index contributed by atoms with van der Waals surface area (Å²) in [6, 6.07) is 18.8. The third-order valence-electron chi connectivity index (χ3n) is 9.45. The summed E-state index contributed by atoms with van der Waals surface area (Å²) in [6.45, 7) is 9.53. The van der Waals surface area contributed by atoms with Gasteiger partial charge in [0.2, 0.25) is 0 Å². The molecule has 0 radical (unpaired) electrons. The summed E-state index contributed by atoms with van der Waals surface area (Å²) in [7, 11) is 0. The highest BCUT2D eigenvalue weighted by atomic mass is 14.4. The first-order chi connectivity index (χ1) is 17.4. The minimum absolute atomic E-state index is 0.0294. The van der Waals surface area contributed by atoms with Crippen molar-refractivity contribution in [2.24, 2.45) is 11.8 Å². The van der Waals surface area contributed by atoms with Gasteiger partial charge in [-0.25, -0.2) is 0 Å². The van der Waals surface area contributed by atoms with E-state index in [1.165, 1.54) is 63.4 Å². The number of hydrogen-bond donors (Lipinski definition) is 0. The third-order valence-corrected chi connectivity index (χ3v) is 9.45. The molecule has 0 nitrogen and oxygen atoms in total.